The minimum atomic E-state index is -0.467. The summed E-state index contributed by atoms with van der Waals surface area (Å²) in [5, 5.41) is 11.0. The molecule has 0 bridgehead atoms. The number of aromatic nitrogens is 1. The van der Waals surface area contributed by atoms with Gasteiger partial charge in [0.2, 0.25) is 0 Å². The Balaban J connectivity index is 0.000000989. The van der Waals surface area contributed by atoms with Crippen molar-refractivity contribution < 1.29 is 19.0 Å². The van der Waals surface area contributed by atoms with Crippen molar-refractivity contribution in [3.8, 4) is 11.5 Å². The Morgan fingerprint density at radius 1 is 1.24 bits per heavy atom. The fourth-order valence-electron chi connectivity index (χ4n) is 2.89. The molecule has 0 amide bonds. The number of halogens is 2. The highest BCUT2D eigenvalue weighted by molar-refractivity contribution is 6.30. The minimum absolute atomic E-state index is 0.0629. The number of phenolic OH excluding ortho intramolecular Hbond substituents is 1. The van der Waals surface area contributed by atoms with Crippen LogP contribution in [-0.2, 0) is 6.42 Å². The highest BCUT2D eigenvalue weighted by atomic mass is 35.5. The SMILES string of the molecule is CC.CN.COc1c(C)c(C=O)c(O)c2ncc(Cc3ccc(F)c(Cl)c3)cc12. The van der Waals surface area contributed by atoms with Gasteiger partial charge in [0.05, 0.1) is 17.7 Å². The largest absolute Gasteiger partial charge is 0.505 e. The highest BCUT2D eigenvalue weighted by Gasteiger charge is 2.18. The number of pyridine rings is 1. The summed E-state index contributed by atoms with van der Waals surface area (Å²) in [4.78, 5) is 15.5. The lowest BCUT2D eigenvalue weighted by atomic mass is 9.99. The van der Waals surface area contributed by atoms with Crippen molar-refractivity contribution in [2.75, 3.05) is 14.2 Å². The molecule has 0 saturated heterocycles. The van der Waals surface area contributed by atoms with Gasteiger partial charge in [-0.3, -0.25) is 9.78 Å². The zero-order valence-corrected chi connectivity index (χ0v) is 18.0. The molecule has 5 nitrogen and oxygen atoms in total. The van der Waals surface area contributed by atoms with Gasteiger partial charge in [-0.1, -0.05) is 31.5 Å². The van der Waals surface area contributed by atoms with Crippen molar-refractivity contribution >= 4 is 28.8 Å². The second-order valence-electron chi connectivity index (χ2n) is 5.70. The number of ether oxygens (including phenoxy) is 1. The standard InChI is InChI=1S/C19H15ClFNO3.C2H6.CH5N/c1-10-14(9-23)18(24)17-13(19(10)25-2)6-12(8-22-17)5-11-3-4-16(21)15(20)7-11;2*1-2/h3-4,6-9,24H,5H2,1-2H3;1-2H3;2H2,1H3. The zero-order chi connectivity index (χ0) is 22.1. The van der Waals surface area contributed by atoms with Crippen LogP contribution in [0.4, 0.5) is 4.39 Å². The van der Waals surface area contributed by atoms with Gasteiger partial charge in [-0.25, -0.2) is 4.39 Å². The van der Waals surface area contributed by atoms with Gasteiger partial charge in [-0.05, 0) is 49.7 Å². The van der Waals surface area contributed by atoms with E-state index in [1.165, 1.54) is 20.2 Å². The molecule has 3 aromatic rings. The molecule has 1 aromatic heterocycles. The molecular formula is C22H26ClFN2O3. The van der Waals surface area contributed by atoms with E-state index >= 15 is 0 Å². The van der Waals surface area contributed by atoms with E-state index in [-0.39, 0.29) is 16.3 Å². The molecule has 0 aliphatic carbocycles. The van der Waals surface area contributed by atoms with Crippen LogP contribution >= 0.6 is 11.6 Å². The van der Waals surface area contributed by atoms with Crippen molar-refractivity contribution in [3.63, 3.8) is 0 Å². The number of aromatic hydroxyl groups is 1. The van der Waals surface area contributed by atoms with Crippen LogP contribution in [0.5, 0.6) is 11.5 Å². The Bertz CT molecular complexity index is 994. The number of methoxy groups -OCH3 is 1. The third kappa shape index (κ3) is 5.22. The van der Waals surface area contributed by atoms with Crippen LogP contribution in [0.25, 0.3) is 10.9 Å². The molecular weight excluding hydrogens is 395 g/mol. The number of nitrogens with two attached hydrogens (primary N) is 1. The van der Waals surface area contributed by atoms with Crippen LogP contribution in [0, 0.1) is 12.7 Å². The van der Waals surface area contributed by atoms with E-state index in [1.807, 2.05) is 19.9 Å². The van der Waals surface area contributed by atoms with Gasteiger partial charge < -0.3 is 15.6 Å². The van der Waals surface area contributed by atoms with E-state index in [2.05, 4.69) is 10.7 Å². The Morgan fingerprint density at radius 2 is 1.90 bits per heavy atom. The van der Waals surface area contributed by atoms with E-state index < -0.39 is 5.82 Å². The van der Waals surface area contributed by atoms with Crippen LogP contribution < -0.4 is 10.5 Å². The normalized spacial score (nSPS) is 9.79. The summed E-state index contributed by atoms with van der Waals surface area (Å²) >= 11 is 5.82. The van der Waals surface area contributed by atoms with Crippen LogP contribution in [-0.4, -0.2) is 30.5 Å². The summed E-state index contributed by atoms with van der Waals surface area (Å²) in [6.45, 7) is 5.70. The van der Waals surface area contributed by atoms with Gasteiger partial charge >= 0.3 is 0 Å². The van der Waals surface area contributed by atoms with E-state index in [4.69, 9.17) is 16.3 Å². The van der Waals surface area contributed by atoms with Crippen molar-refractivity contribution in [2.45, 2.75) is 27.2 Å². The monoisotopic (exact) mass is 420 g/mol. The fraction of sp³-hybridized carbons (Fsp3) is 0.273. The van der Waals surface area contributed by atoms with Gasteiger partial charge in [-0.2, -0.15) is 0 Å². The molecule has 0 fully saturated rings. The Kier molecular flexibility index (Phi) is 9.51. The van der Waals surface area contributed by atoms with E-state index in [0.29, 0.717) is 34.9 Å². The molecule has 29 heavy (non-hydrogen) atoms. The fourth-order valence-corrected chi connectivity index (χ4v) is 3.09. The van der Waals surface area contributed by atoms with E-state index in [9.17, 15) is 14.3 Å². The van der Waals surface area contributed by atoms with Crippen LogP contribution in [0.2, 0.25) is 5.02 Å². The maximum absolute atomic E-state index is 13.3. The maximum atomic E-state index is 13.3. The topological polar surface area (TPSA) is 85.4 Å². The number of phenols is 1. The maximum Gasteiger partial charge on any atom is 0.154 e. The lowest BCUT2D eigenvalue weighted by Crippen LogP contribution is -1.99. The summed E-state index contributed by atoms with van der Waals surface area (Å²) in [7, 11) is 3.00. The molecule has 0 atom stereocenters. The molecule has 156 valence electrons. The first-order valence-corrected chi connectivity index (χ1v) is 9.49. The molecule has 7 heteroatoms. The third-order valence-electron chi connectivity index (χ3n) is 4.13. The number of carbonyl (C=O) groups is 1. The molecule has 0 radical (unpaired) electrons. The summed E-state index contributed by atoms with van der Waals surface area (Å²) in [5.41, 5.74) is 7.18. The summed E-state index contributed by atoms with van der Waals surface area (Å²) < 4.78 is 18.7. The summed E-state index contributed by atoms with van der Waals surface area (Å²) in [5.74, 6) is -0.147. The number of rotatable bonds is 4. The van der Waals surface area contributed by atoms with Gasteiger partial charge in [-0.15, -0.1) is 0 Å². The first-order valence-electron chi connectivity index (χ1n) is 9.11. The lowest BCUT2D eigenvalue weighted by Gasteiger charge is -2.14. The number of fused-ring (bicyclic) bond motifs is 1. The Morgan fingerprint density at radius 3 is 2.45 bits per heavy atom. The number of carbonyl (C=O) groups excluding carboxylic acids is 1. The summed E-state index contributed by atoms with van der Waals surface area (Å²) in [6, 6.07) is 6.37. The van der Waals surface area contributed by atoms with E-state index in [0.717, 1.165) is 11.1 Å². The predicted molar refractivity (Wildman–Crippen MR) is 116 cm³/mol. The van der Waals surface area contributed by atoms with Gasteiger partial charge in [0, 0.05) is 17.1 Å². The molecule has 1 heterocycles. The quantitative estimate of drug-likeness (QED) is 0.576. The van der Waals surface area contributed by atoms with Gasteiger partial charge in [0.1, 0.15) is 17.1 Å². The molecule has 3 rings (SSSR count). The van der Waals surface area contributed by atoms with Crippen molar-refractivity contribution in [2.24, 2.45) is 5.73 Å². The van der Waals surface area contributed by atoms with Crippen LogP contribution in [0.3, 0.4) is 0 Å². The van der Waals surface area contributed by atoms with Crippen molar-refractivity contribution in [1.29, 1.82) is 0 Å². The molecule has 2 aromatic carbocycles. The van der Waals surface area contributed by atoms with Crippen LogP contribution in [0.1, 0.15) is 40.9 Å². The molecule has 0 saturated carbocycles. The zero-order valence-electron chi connectivity index (χ0n) is 17.2. The number of benzene rings is 2. The van der Waals surface area contributed by atoms with Gasteiger partial charge in [0.25, 0.3) is 0 Å². The first-order chi connectivity index (χ1) is 14.0. The first kappa shape index (κ1) is 24.3. The Labute approximate surface area is 175 Å². The van der Waals surface area contributed by atoms with E-state index in [1.54, 1.807) is 25.3 Å². The van der Waals surface area contributed by atoms with Gasteiger partial charge in [0.15, 0.2) is 12.0 Å². The predicted octanol–water partition coefficient (Wildman–Crippen LogP) is 5.05. The third-order valence-corrected chi connectivity index (χ3v) is 4.42. The number of hydrogen-bond acceptors (Lipinski definition) is 5. The lowest BCUT2D eigenvalue weighted by molar-refractivity contribution is 0.112. The molecule has 0 unspecified atom stereocenters. The van der Waals surface area contributed by atoms with Crippen molar-refractivity contribution in [3.05, 3.63) is 63.6 Å². The molecule has 0 aliphatic heterocycles. The summed E-state index contributed by atoms with van der Waals surface area (Å²) in [6.07, 6.45) is 2.67. The second kappa shape index (κ2) is 11.3. The molecule has 3 N–H and O–H groups in total. The number of nitrogens with zero attached hydrogens (tertiary/aromatic N) is 1. The average Bonchev–Trinajstić information content (AvgIpc) is 2.74. The smallest absolute Gasteiger partial charge is 0.154 e. The highest BCUT2D eigenvalue weighted by Crippen LogP contribution is 2.38. The number of aldehydes is 1. The second-order valence-corrected chi connectivity index (χ2v) is 6.11. The number of hydrogen-bond donors (Lipinski definition) is 2. The Hall–Kier alpha value is -2.70. The van der Waals surface area contributed by atoms with Crippen LogP contribution in [0.15, 0.2) is 30.5 Å². The van der Waals surface area contributed by atoms with Crippen molar-refractivity contribution in [1.82, 2.24) is 4.98 Å². The average molecular weight is 421 g/mol. The molecule has 0 aliphatic rings. The molecule has 0 spiro atoms. The minimum Gasteiger partial charge on any atom is -0.505 e.